The van der Waals surface area contributed by atoms with Crippen LogP contribution in [-0.2, 0) is 0 Å². The van der Waals surface area contributed by atoms with Crippen LogP contribution in [0, 0.1) is 10.1 Å². The van der Waals surface area contributed by atoms with E-state index < -0.39 is 10.7 Å². The van der Waals surface area contributed by atoms with Gasteiger partial charge in [0.15, 0.2) is 11.6 Å². The minimum atomic E-state index is -0.641. The molecule has 2 rings (SSSR count). The van der Waals surface area contributed by atoms with Crippen molar-refractivity contribution in [3.8, 4) is 0 Å². The molecule has 5 heteroatoms. The number of benzene rings is 1. The summed E-state index contributed by atoms with van der Waals surface area (Å²) in [4.78, 5) is 34.1. The van der Waals surface area contributed by atoms with Gasteiger partial charge >= 0.3 is 0 Å². The van der Waals surface area contributed by atoms with Gasteiger partial charge in [0.05, 0.1) is 4.92 Å². The van der Waals surface area contributed by atoms with Crippen molar-refractivity contribution in [2.24, 2.45) is 0 Å². The van der Waals surface area contributed by atoms with E-state index in [4.69, 9.17) is 0 Å². The Morgan fingerprint density at radius 2 is 1.65 bits per heavy atom. The first-order valence-electron chi connectivity index (χ1n) is 4.99. The number of nitrogens with zero attached hydrogens (tertiary/aromatic N) is 1. The highest BCUT2D eigenvalue weighted by Crippen LogP contribution is 2.31. The summed E-state index contributed by atoms with van der Waals surface area (Å²) in [5.41, 5.74) is 0.338. The van der Waals surface area contributed by atoms with E-state index in [0.29, 0.717) is 5.57 Å². The molecule has 86 valence electrons. The number of hydrogen-bond acceptors (Lipinski definition) is 4. The highest BCUT2D eigenvalue weighted by atomic mass is 16.6. The Balaban J connectivity index is 2.81. The summed E-state index contributed by atoms with van der Waals surface area (Å²) < 4.78 is 0. The van der Waals surface area contributed by atoms with E-state index in [2.05, 4.69) is 0 Å². The highest BCUT2D eigenvalue weighted by Gasteiger charge is 2.33. The quantitative estimate of drug-likeness (QED) is 0.548. The van der Waals surface area contributed by atoms with Gasteiger partial charge in [-0.25, -0.2) is 0 Å². The summed E-state index contributed by atoms with van der Waals surface area (Å²) in [6, 6.07) is 4.09. The van der Waals surface area contributed by atoms with Gasteiger partial charge in [-0.3, -0.25) is 19.7 Å². The molecule has 0 amide bonds. The average molecular weight is 231 g/mol. The highest BCUT2D eigenvalue weighted by molar-refractivity contribution is 6.27. The fourth-order valence-electron chi connectivity index (χ4n) is 1.85. The second-order valence-electron chi connectivity index (χ2n) is 3.87. The number of fused-ring (bicyclic) bond motifs is 1. The molecule has 0 fully saturated rings. The molecule has 0 saturated heterocycles. The van der Waals surface area contributed by atoms with E-state index in [0.717, 1.165) is 0 Å². The van der Waals surface area contributed by atoms with Crippen molar-refractivity contribution >= 4 is 17.3 Å². The fraction of sp³-hybridized carbons (Fsp3) is 0.167. The molecule has 0 spiro atoms. The summed E-state index contributed by atoms with van der Waals surface area (Å²) in [5, 5.41) is 10.8. The number of nitro benzene ring substituents is 1. The van der Waals surface area contributed by atoms with Gasteiger partial charge in [0.2, 0.25) is 0 Å². The zero-order valence-electron chi connectivity index (χ0n) is 9.31. The zero-order chi connectivity index (χ0) is 12.7. The smallest absolute Gasteiger partial charge is 0.281 e. The Hall–Kier alpha value is -2.30. The van der Waals surface area contributed by atoms with E-state index in [-0.39, 0.29) is 28.2 Å². The number of rotatable bonds is 1. The van der Waals surface area contributed by atoms with E-state index in [9.17, 15) is 19.7 Å². The van der Waals surface area contributed by atoms with E-state index in [1.165, 1.54) is 25.1 Å². The van der Waals surface area contributed by atoms with Gasteiger partial charge in [0.25, 0.3) is 5.69 Å². The Morgan fingerprint density at radius 1 is 1.06 bits per heavy atom. The van der Waals surface area contributed by atoms with E-state index in [1.54, 1.807) is 6.92 Å². The maximum Gasteiger partial charge on any atom is 0.281 e. The Morgan fingerprint density at radius 3 is 2.24 bits per heavy atom. The predicted octanol–water partition coefficient (Wildman–Crippen LogP) is 2.31. The molecule has 0 aliphatic heterocycles. The third-order valence-electron chi connectivity index (χ3n) is 2.95. The van der Waals surface area contributed by atoms with Crippen LogP contribution in [0.25, 0.3) is 0 Å². The summed E-state index contributed by atoms with van der Waals surface area (Å²) >= 11 is 0. The van der Waals surface area contributed by atoms with Crippen LogP contribution in [0.5, 0.6) is 0 Å². The molecule has 0 saturated carbocycles. The molecule has 1 aliphatic rings. The van der Waals surface area contributed by atoms with Crippen LogP contribution in [0.15, 0.2) is 29.3 Å². The van der Waals surface area contributed by atoms with Crippen LogP contribution in [-0.4, -0.2) is 16.5 Å². The molecule has 0 bridgehead atoms. The molecule has 17 heavy (non-hydrogen) atoms. The number of hydrogen-bond donors (Lipinski definition) is 0. The molecule has 0 N–H and O–H groups in total. The lowest BCUT2D eigenvalue weighted by atomic mass is 9.84. The Labute approximate surface area is 96.9 Å². The number of carbonyl (C=O) groups excluding carboxylic acids is 2. The Bertz CT molecular complexity index is 599. The summed E-state index contributed by atoms with van der Waals surface area (Å²) in [7, 11) is 0. The van der Waals surface area contributed by atoms with Crippen molar-refractivity contribution in [2.75, 3.05) is 0 Å². The van der Waals surface area contributed by atoms with Gasteiger partial charge in [0, 0.05) is 22.8 Å². The van der Waals surface area contributed by atoms with Crippen molar-refractivity contribution in [1.29, 1.82) is 0 Å². The minimum absolute atomic E-state index is 0.0920. The molecular weight excluding hydrogens is 222 g/mol. The number of nitro groups is 1. The maximum atomic E-state index is 12.0. The minimum Gasteiger partial charge on any atom is -0.289 e. The first-order valence-corrected chi connectivity index (χ1v) is 4.99. The number of carbonyl (C=O) groups is 2. The first-order chi connectivity index (χ1) is 7.95. The lowest BCUT2D eigenvalue weighted by molar-refractivity contribution is -0.385. The van der Waals surface area contributed by atoms with Gasteiger partial charge in [-0.1, -0.05) is 6.07 Å². The lowest BCUT2D eigenvalue weighted by Gasteiger charge is -2.16. The van der Waals surface area contributed by atoms with Gasteiger partial charge in [0.1, 0.15) is 5.56 Å². The van der Waals surface area contributed by atoms with Crippen molar-refractivity contribution in [2.45, 2.75) is 13.8 Å². The van der Waals surface area contributed by atoms with Crippen LogP contribution in [0.2, 0.25) is 0 Å². The van der Waals surface area contributed by atoms with E-state index in [1.807, 2.05) is 0 Å². The molecule has 0 radical (unpaired) electrons. The summed E-state index contributed by atoms with van der Waals surface area (Å²) in [6.45, 7) is 3.06. The normalized spacial score (nSPS) is 14.9. The SMILES string of the molecule is CC1=C(C)C(=O)c2c(cccc2[N+](=O)[O-])C1=O. The fourth-order valence-corrected chi connectivity index (χ4v) is 1.85. The van der Waals surface area contributed by atoms with Crippen LogP contribution in [0.1, 0.15) is 34.6 Å². The van der Waals surface area contributed by atoms with Crippen LogP contribution < -0.4 is 0 Å². The van der Waals surface area contributed by atoms with E-state index >= 15 is 0 Å². The molecular formula is C12H9NO4. The molecule has 1 aromatic rings. The summed E-state index contributed by atoms with van der Waals surface area (Å²) in [6.07, 6.45) is 0. The van der Waals surface area contributed by atoms with Gasteiger partial charge < -0.3 is 0 Å². The Kier molecular flexibility index (Phi) is 2.38. The van der Waals surface area contributed by atoms with Crippen molar-refractivity contribution in [1.82, 2.24) is 0 Å². The molecule has 5 nitrogen and oxygen atoms in total. The third-order valence-corrected chi connectivity index (χ3v) is 2.95. The molecule has 1 aliphatic carbocycles. The molecule has 1 aromatic carbocycles. The monoisotopic (exact) mass is 231 g/mol. The third kappa shape index (κ3) is 1.47. The predicted molar refractivity (Wildman–Crippen MR) is 60.1 cm³/mol. The average Bonchev–Trinajstić information content (AvgIpc) is 2.32. The van der Waals surface area contributed by atoms with Crippen molar-refractivity contribution < 1.29 is 14.5 Å². The van der Waals surface area contributed by atoms with Crippen LogP contribution >= 0.6 is 0 Å². The molecule has 0 atom stereocenters. The molecule has 0 heterocycles. The summed E-state index contributed by atoms with van der Waals surface area (Å²) in [5.74, 6) is -0.759. The maximum absolute atomic E-state index is 12.0. The topological polar surface area (TPSA) is 77.3 Å². The number of Topliss-reactive ketones (excluding diaryl/α,β-unsaturated/α-hetero) is 2. The van der Waals surface area contributed by atoms with Gasteiger partial charge in [-0.2, -0.15) is 0 Å². The molecule has 0 aromatic heterocycles. The second-order valence-corrected chi connectivity index (χ2v) is 3.87. The number of ketones is 2. The van der Waals surface area contributed by atoms with Crippen molar-refractivity contribution in [3.05, 3.63) is 50.6 Å². The first kappa shape index (κ1) is 11.2. The van der Waals surface area contributed by atoms with Gasteiger partial charge in [-0.15, -0.1) is 0 Å². The van der Waals surface area contributed by atoms with Crippen molar-refractivity contribution in [3.63, 3.8) is 0 Å². The zero-order valence-corrected chi connectivity index (χ0v) is 9.31. The standard InChI is InChI=1S/C12H9NO4/c1-6-7(2)12(15)10-8(11(6)14)4-3-5-9(10)13(16)17/h3-5H,1-2H3. The lowest BCUT2D eigenvalue weighted by Crippen LogP contribution is -2.20. The second kappa shape index (κ2) is 3.62. The molecule has 0 unspecified atom stereocenters. The van der Waals surface area contributed by atoms with Crippen LogP contribution in [0.3, 0.4) is 0 Å². The van der Waals surface area contributed by atoms with Crippen LogP contribution in [0.4, 0.5) is 5.69 Å². The van der Waals surface area contributed by atoms with Gasteiger partial charge in [-0.05, 0) is 19.9 Å². The largest absolute Gasteiger partial charge is 0.289 e. The number of allylic oxidation sites excluding steroid dienone is 2.